The molecular weight excluding hydrogens is 460 g/mol. The first kappa shape index (κ1) is 35.9. The lowest BCUT2D eigenvalue weighted by molar-refractivity contribution is -0.145. The SMILES string of the molecule is CC(C)COC(=O)CCCCCCCCCCCCCCCCCCCCCCCC(=O)OCC(C)C. The summed E-state index contributed by atoms with van der Waals surface area (Å²) in [6.07, 6.45) is 28.7. The van der Waals surface area contributed by atoms with Gasteiger partial charge in [0.1, 0.15) is 0 Å². The largest absolute Gasteiger partial charge is 0.465 e. The van der Waals surface area contributed by atoms with E-state index in [-0.39, 0.29) is 11.9 Å². The third-order valence-electron chi connectivity index (χ3n) is 6.92. The Labute approximate surface area is 231 Å². The van der Waals surface area contributed by atoms with Gasteiger partial charge in [0, 0.05) is 12.8 Å². The molecule has 220 valence electrons. The summed E-state index contributed by atoms with van der Waals surface area (Å²) < 4.78 is 10.4. The Hall–Kier alpha value is -1.06. The lowest BCUT2D eigenvalue weighted by atomic mass is 10.0. The Morgan fingerprint density at radius 1 is 0.378 bits per heavy atom. The monoisotopic (exact) mass is 524 g/mol. The van der Waals surface area contributed by atoms with Crippen molar-refractivity contribution in [1.82, 2.24) is 0 Å². The molecule has 0 bridgehead atoms. The Morgan fingerprint density at radius 2 is 0.568 bits per heavy atom. The molecule has 0 unspecified atom stereocenters. The third-order valence-corrected chi connectivity index (χ3v) is 6.92. The van der Waals surface area contributed by atoms with Gasteiger partial charge in [0.05, 0.1) is 13.2 Å². The topological polar surface area (TPSA) is 52.6 Å². The first-order chi connectivity index (χ1) is 17.9. The predicted octanol–water partition coefficient (Wildman–Crippen LogP) is 10.4. The van der Waals surface area contributed by atoms with Gasteiger partial charge < -0.3 is 9.47 Å². The minimum absolute atomic E-state index is 0.0224. The van der Waals surface area contributed by atoms with E-state index in [1.165, 1.54) is 109 Å². The zero-order valence-electron chi connectivity index (χ0n) is 25.5. The van der Waals surface area contributed by atoms with Crippen molar-refractivity contribution in [2.75, 3.05) is 13.2 Å². The highest BCUT2D eigenvalue weighted by atomic mass is 16.5. The van der Waals surface area contributed by atoms with Crippen LogP contribution in [0.2, 0.25) is 0 Å². The smallest absolute Gasteiger partial charge is 0.305 e. The second kappa shape index (κ2) is 28.0. The van der Waals surface area contributed by atoms with E-state index in [1.807, 2.05) is 0 Å². The standard InChI is InChI=1S/C33H64O4/c1-30(2)28-36-32(34)26-24-22-20-18-16-14-12-10-8-6-5-7-9-11-13-15-17-19-21-23-25-27-33(35)37-29-31(3)4/h30-31H,5-29H2,1-4H3. The molecule has 0 aromatic carbocycles. The fourth-order valence-electron chi connectivity index (χ4n) is 4.56. The van der Waals surface area contributed by atoms with Gasteiger partial charge in [-0.3, -0.25) is 9.59 Å². The summed E-state index contributed by atoms with van der Waals surface area (Å²) in [5.74, 6) is 0.811. The van der Waals surface area contributed by atoms with E-state index >= 15 is 0 Å². The molecule has 0 aromatic rings. The maximum Gasteiger partial charge on any atom is 0.305 e. The normalized spacial score (nSPS) is 11.4. The summed E-state index contributed by atoms with van der Waals surface area (Å²) in [5.41, 5.74) is 0. The average molecular weight is 525 g/mol. The van der Waals surface area contributed by atoms with Crippen molar-refractivity contribution in [1.29, 1.82) is 0 Å². The number of ether oxygens (including phenoxy) is 2. The lowest BCUT2D eigenvalue weighted by Gasteiger charge is -2.07. The molecule has 4 nitrogen and oxygen atoms in total. The van der Waals surface area contributed by atoms with Gasteiger partial charge in [-0.2, -0.15) is 0 Å². The van der Waals surface area contributed by atoms with Crippen LogP contribution in [-0.4, -0.2) is 25.2 Å². The van der Waals surface area contributed by atoms with E-state index in [2.05, 4.69) is 27.7 Å². The third kappa shape index (κ3) is 31.1. The van der Waals surface area contributed by atoms with Crippen molar-refractivity contribution >= 4 is 11.9 Å². The van der Waals surface area contributed by atoms with Crippen LogP contribution in [0.4, 0.5) is 0 Å². The zero-order chi connectivity index (χ0) is 27.4. The van der Waals surface area contributed by atoms with E-state index in [1.54, 1.807) is 0 Å². The molecule has 0 N–H and O–H groups in total. The highest BCUT2D eigenvalue weighted by Gasteiger charge is 2.05. The summed E-state index contributed by atoms with van der Waals surface area (Å²) >= 11 is 0. The lowest BCUT2D eigenvalue weighted by Crippen LogP contribution is -2.09. The molecule has 0 fully saturated rings. The van der Waals surface area contributed by atoms with Crippen molar-refractivity contribution in [2.24, 2.45) is 11.8 Å². The van der Waals surface area contributed by atoms with Gasteiger partial charge >= 0.3 is 11.9 Å². The van der Waals surface area contributed by atoms with E-state index in [0.717, 1.165) is 25.7 Å². The molecule has 0 aliphatic carbocycles. The number of esters is 2. The number of rotatable bonds is 28. The minimum atomic E-state index is -0.0224. The minimum Gasteiger partial charge on any atom is -0.465 e. The maximum atomic E-state index is 11.6. The number of hydrogen-bond acceptors (Lipinski definition) is 4. The number of carbonyl (C=O) groups is 2. The average Bonchev–Trinajstić information content (AvgIpc) is 2.86. The molecule has 4 heteroatoms. The first-order valence-electron chi connectivity index (χ1n) is 16.2. The van der Waals surface area contributed by atoms with Gasteiger partial charge in [-0.15, -0.1) is 0 Å². The fourth-order valence-corrected chi connectivity index (χ4v) is 4.56. The molecule has 0 saturated carbocycles. The number of carbonyl (C=O) groups excluding carboxylic acids is 2. The predicted molar refractivity (Wildman–Crippen MR) is 158 cm³/mol. The van der Waals surface area contributed by atoms with Crippen LogP contribution in [0.1, 0.15) is 175 Å². The molecule has 0 radical (unpaired) electrons. The van der Waals surface area contributed by atoms with Crippen molar-refractivity contribution in [3.63, 3.8) is 0 Å². The summed E-state index contributed by atoms with van der Waals surface area (Å²) in [7, 11) is 0. The quantitative estimate of drug-likeness (QED) is 0.0754. The van der Waals surface area contributed by atoms with Crippen LogP contribution in [0.3, 0.4) is 0 Å². The molecule has 0 spiro atoms. The van der Waals surface area contributed by atoms with Crippen LogP contribution in [0.15, 0.2) is 0 Å². The second-order valence-electron chi connectivity index (χ2n) is 12.1. The van der Waals surface area contributed by atoms with Crippen molar-refractivity contribution < 1.29 is 19.1 Å². The van der Waals surface area contributed by atoms with Gasteiger partial charge in [0.25, 0.3) is 0 Å². The van der Waals surface area contributed by atoms with Gasteiger partial charge in [0.2, 0.25) is 0 Å². The first-order valence-corrected chi connectivity index (χ1v) is 16.2. The van der Waals surface area contributed by atoms with Crippen molar-refractivity contribution in [3.8, 4) is 0 Å². The molecule has 0 atom stereocenters. The highest BCUT2D eigenvalue weighted by molar-refractivity contribution is 5.69. The van der Waals surface area contributed by atoms with Crippen molar-refractivity contribution in [3.05, 3.63) is 0 Å². The second-order valence-corrected chi connectivity index (χ2v) is 12.1. The molecular formula is C33H64O4. The van der Waals surface area contributed by atoms with Gasteiger partial charge in [-0.1, -0.05) is 150 Å². The molecule has 0 aliphatic rings. The Balaban J connectivity index is 3.14. The van der Waals surface area contributed by atoms with Gasteiger partial charge in [-0.25, -0.2) is 0 Å². The van der Waals surface area contributed by atoms with Crippen LogP contribution < -0.4 is 0 Å². The molecule has 0 saturated heterocycles. The molecule has 0 aliphatic heterocycles. The Morgan fingerprint density at radius 3 is 0.757 bits per heavy atom. The summed E-state index contributed by atoms with van der Waals surface area (Å²) in [4.78, 5) is 23.1. The summed E-state index contributed by atoms with van der Waals surface area (Å²) in [6.45, 7) is 9.40. The highest BCUT2D eigenvalue weighted by Crippen LogP contribution is 2.15. The number of unbranched alkanes of at least 4 members (excludes halogenated alkanes) is 20. The molecule has 0 rings (SSSR count). The van der Waals surface area contributed by atoms with Crippen LogP contribution in [-0.2, 0) is 19.1 Å². The van der Waals surface area contributed by atoms with E-state index in [4.69, 9.17) is 9.47 Å². The van der Waals surface area contributed by atoms with Crippen LogP contribution in [0, 0.1) is 11.8 Å². The molecule has 0 heterocycles. The van der Waals surface area contributed by atoms with Gasteiger partial charge in [-0.05, 0) is 24.7 Å². The molecule has 0 aromatic heterocycles. The fraction of sp³-hybridized carbons (Fsp3) is 0.939. The zero-order valence-corrected chi connectivity index (χ0v) is 25.5. The van der Waals surface area contributed by atoms with Crippen LogP contribution in [0.5, 0.6) is 0 Å². The molecule has 37 heavy (non-hydrogen) atoms. The summed E-state index contributed by atoms with van der Waals surface area (Å²) in [6, 6.07) is 0. The van der Waals surface area contributed by atoms with Crippen LogP contribution in [0.25, 0.3) is 0 Å². The van der Waals surface area contributed by atoms with Gasteiger partial charge in [0.15, 0.2) is 0 Å². The van der Waals surface area contributed by atoms with E-state index in [9.17, 15) is 9.59 Å². The van der Waals surface area contributed by atoms with Crippen LogP contribution >= 0.6 is 0 Å². The van der Waals surface area contributed by atoms with E-state index < -0.39 is 0 Å². The van der Waals surface area contributed by atoms with E-state index in [0.29, 0.717) is 37.9 Å². The maximum absolute atomic E-state index is 11.6. The Kier molecular flexibility index (Phi) is 27.2. The Bertz CT molecular complexity index is 457. The number of hydrogen-bond donors (Lipinski definition) is 0. The van der Waals surface area contributed by atoms with Crippen molar-refractivity contribution in [2.45, 2.75) is 175 Å². The summed E-state index contributed by atoms with van der Waals surface area (Å²) in [5, 5.41) is 0. The molecule has 0 amide bonds.